The third kappa shape index (κ3) is 4.00. The van der Waals surface area contributed by atoms with Crippen molar-refractivity contribution in [3.8, 4) is 0 Å². The largest absolute Gasteiger partial charge is 0.251 e. The van der Waals surface area contributed by atoms with E-state index in [9.17, 15) is 8.78 Å². The molecule has 0 aliphatic heterocycles. The number of hydrogen-bond donors (Lipinski definition) is 0. The Morgan fingerprint density at radius 1 is 1.42 bits per heavy atom. The number of aryl methyl sites for hydroxylation is 1. The topological polar surface area (TPSA) is 30.7 Å². The van der Waals surface area contributed by atoms with Crippen molar-refractivity contribution in [3.63, 3.8) is 0 Å². The molecule has 0 amide bonds. The van der Waals surface area contributed by atoms with E-state index >= 15 is 0 Å². The molecule has 1 rings (SSSR count). The zero-order valence-electron chi connectivity index (χ0n) is 7.30. The van der Waals surface area contributed by atoms with Crippen LogP contribution in [0.15, 0.2) is 6.20 Å². The quantitative estimate of drug-likeness (QED) is 0.689. The molecular weight excluding hydrogens is 164 g/mol. The molecule has 0 aliphatic carbocycles. The van der Waals surface area contributed by atoms with Crippen molar-refractivity contribution in [2.45, 2.75) is 27.1 Å². The summed E-state index contributed by atoms with van der Waals surface area (Å²) in [7, 11) is 0. The van der Waals surface area contributed by atoms with Gasteiger partial charge in [-0.25, -0.2) is 9.07 Å². The molecule has 0 fully saturated rings. The Kier molecular flexibility index (Phi) is 6.14. The zero-order valence-corrected chi connectivity index (χ0v) is 7.30. The summed E-state index contributed by atoms with van der Waals surface area (Å²) in [6.07, 6.45) is 2.40. The van der Waals surface area contributed by atoms with Crippen LogP contribution in [0.3, 0.4) is 0 Å². The Hall–Kier alpha value is -1.00. The predicted molar refractivity (Wildman–Crippen MR) is 42.2 cm³/mol. The van der Waals surface area contributed by atoms with Crippen molar-refractivity contribution in [3.05, 3.63) is 11.9 Å². The van der Waals surface area contributed by atoms with Crippen molar-refractivity contribution >= 4 is 0 Å². The third-order valence-corrected chi connectivity index (χ3v) is 1.07. The fourth-order valence-electron chi connectivity index (χ4n) is 0.559. The molecule has 1 aromatic rings. The van der Waals surface area contributed by atoms with Crippen LogP contribution in [0.4, 0.5) is 8.78 Å². The molecule has 3 nitrogen and oxygen atoms in total. The Balaban J connectivity index is 0.000000354. The maximum atomic E-state index is 11.7. The molecule has 0 bridgehead atoms. The van der Waals surface area contributed by atoms with Gasteiger partial charge in [-0.1, -0.05) is 12.1 Å². The molecule has 0 spiro atoms. The summed E-state index contributed by atoms with van der Waals surface area (Å²) in [6.45, 7) is 2.57. The van der Waals surface area contributed by atoms with Crippen LogP contribution in [0.5, 0.6) is 0 Å². The average Bonchev–Trinajstić information content (AvgIpc) is 2.53. The van der Waals surface area contributed by atoms with E-state index in [-0.39, 0.29) is 6.67 Å². The molecule has 0 radical (unpaired) electrons. The Morgan fingerprint density at radius 3 is 2.25 bits per heavy atom. The van der Waals surface area contributed by atoms with E-state index in [0.717, 1.165) is 12.1 Å². The maximum Gasteiger partial charge on any atom is 0.183 e. The van der Waals surface area contributed by atoms with E-state index in [1.165, 1.54) is 11.6 Å². The standard InChI is InChI=1S/C5H8FN3.C2H5F/c1-2-5-3-9(4-6)8-7-5;1-2-3/h3H,2,4H2,1H3;2H2,1H3. The summed E-state index contributed by atoms with van der Waals surface area (Å²) in [6, 6.07) is 0. The summed E-state index contributed by atoms with van der Waals surface area (Å²) in [5, 5.41) is 7.18. The second-order valence-electron chi connectivity index (χ2n) is 1.99. The molecule has 0 N–H and O–H groups in total. The minimum atomic E-state index is -0.590. The SMILES string of the molecule is CCF.CCc1cn(CF)nn1. The molecule has 12 heavy (non-hydrogen) atoms. The predicted octanol–water partition coefficient (Wildman–Crippen LogP) is 1.74. The van der Waals surface area contributed by atoms with Crippen LogP contribution in [0, 0.1) is 0 Å². The van der Waals surface area contributed by atoms with Crippen molar-refractivity contribution in [1.82, 2.24) is 15.0 Å². The monoisotopic (exact) mass is 177 g/mol. The first kappa shape index (κ1) is 11.0. The summed E-state index contributed by atoms with van der Waals surface area (Å²) in [4.78, 5) is 0. The van der Waals surface area contributed by atoms with Crippen LogP contribution in [0.25, 0.3) is 0 Å². The fourth-order valence-corrected chi connectivity index (χ4v) is 0.559. The van der Waals surface area contributed by atoms with Gasteiger partial charge in [0, 0.05) is 0 Å². The Bertz CT molecular complexity index is 182. The molecule has 0 saturated heterocycles. The molecular formula is C7H13F2N3. The van der Waals surface area contributed by atoms with Crippen LogP contribution in [-0.2, 0) is 13.2 Å². The number of aromatic nitrogens is 3. The Morgan fingerprint density at radius 2 is 2.00 bits per heavy atom. The first-order valence-electron chi connectivity index (χ1n) is 3.79. The van der Waals surface area contributed by atoms with Gasteiger partial charge < -0.3 is 0 Å². The second kappa shape index (κ2) is 6.69. The minimum absolute atomic E-state index is 0.250. The van der Waals surface area contributed by atoms with Crippen molar-refractivity contribution < 1.29 is 8.78 Å². The van der Waals surface area contributed by atoms with Gasteiger partial charge in [0.15, 0.2) is 6.80 Å². The lowest BCUT2D eigenvalue weighted by Gasteiger charge is -1.83. The number of halogens is 2. The van der Waals surface area contributed by atoms with Gasteiger partial charge in [-0.3, -0.25) is 4.39 Å². The average molecular weight is 177 g/mol. The molecule has 1 aromatic heterocycles. The van der Waals surface area contributed by atoms with Crippen LogP contribution in [0.1, 0.15) is 19.5 Å². The zero-order chi connectivity index (χ0) is 9.40. The van der Waals surface area contributed by atoms with Crippen molar-refractivity contribution in [2.75, 3.05) is 6.67 Å². The molecule has 0 unspecified atom stereocenters. The van der Waals surface area contributed by atoms with Crippen LogP contribution >= 0.6 is 0 Å². The first-order valence-corrected chi connectivity index (χ1v) is 3.79. The highest BCUT2D eigenvalue weighted by Crippen LogP contribution is 1.92. The van der Waals surface area contributed by atoms with Crippen molar-refractivity contribution in [2.24, 2.45) is 0 Å². The van der Waals surface area contributed by atoms with E-state index in [4.69, 9.17) is 0 Å². The van der Waals surface area contributed by atoms with Gasteiger partial charge in [-0.05, 0) is 13.3 Å². The molecule has 0 saturated carbocycles. The van der Waals surface area contributed by atoms with E-state index in [0.29, 0.717) is 0 Å². The highest BCUT2D eigenvalue weighted by atomic mass is 19.1. The maximum absolute atomic E-state index is 11.7. The smallest absolute Gasteiger partial charge is 0.183 e. The Labute approximate surface area is 70.4 Å². The normalized spacial score (nSPS) is 9.00. The fraction of sp³-hybridized carbons (Fsp3) is 0.714. The van der Waals surface area contributed by atoms with Crippen molar-refractivity contribution in [1.29, 1.82) is 0 Å². The van der Waals surface area contributed by atoms with Gasteiger partial charge in [-0.15, -0.1) is 5.10 Å². The number of hydrogen-bond acceptors (Lipinski definition) is 2. The summed E-state index contributed by atoms with van der Waals surface area (Å²) < 4.78 is 23.2. The summed E-state index contributed by atoms with van der Waals surface area (Å²) in [5.41, 5.74) is 0.827. The number of rotatable bonds is 2. The van der Waals surface area contributed by atoms with Gasteiger partial charge in [0.05, 0.1) is 18.6 Å². The summed E-state index contributed by atoms with van der Waals surface area (Å²) >= 11 is 0. The van der Waals surface area contributed by atoms with Crippen LogP contribution < -0.4 is 0 Å². The van der Waals surface area contributed by atoms with Gasteiger partial charge >= 0.3 is 0 Å². The number of alkyl halides is 2. The minimum Gasteiger partial charge on any atom is -0.251 e. The highest BCUT2D eigenvalue weighted by Gasteiger charge is 1.94. The van der Waals surface area contributed by atoms with Gasteiger partial charge in [0.2, 0.25) is 0 Å². The first-order chi connectivity index (χ1) is 5.78. The summed E-state index contributed by atoms with van der Waals surface area (Å²) in [5.74, 6) is 0. The lowest BCUT2D eigenvalue weighted by molar-refractivity contribution is 0.343. The molecule has 0 aliphatic rings. The lowest BCUT2D eigenvalue weighted by Crippen LogP contribution is -1.91. The van der Waals surface area contributed by atoms with Crippen LogP contribution in [0.2, 0.25) is 0 Å². The van der Waals surface area contributed by atoms with Crippen LogP contribution in [-0.4, -0.2) is 21.7 Å². The second-order valence-corrected chi connectivity index (χ2v) is 1.99. The molecule has 0 atom stereocenters. The lowest BCUT2D eigenvalue weighted by atomic mass is 10.4. The van der Waals surface area contributed by atoms with E-state index in [1.54, 1.807) is 6.20 Å². The molecule has 5 heteroatoms. The van der Waals surface area contributed by atoms with E-state index < -0.39 is 6.80 Å². The number of nitrogens with zero attached hydrogens (tertiary/aromatic N) is 3. The van der Waals surface area contributed by atoms with Gasteiger partial charge in [0.1, 0.15) is 0 Å². The molecule has 70 valence electrons. The molecule has 0 aromatic carbocycles. The van der Waals surface area contributed by atoms with Gasteiger partial charge in [0.25, 0.3) is 0 Å². The van der Waals surface area contributed by atoms with E-state index in [2.05, 4.69) is 10.3 Å². The highest BCUT2D eigenvalue weighted by molar-refractivity contribution is 4.90. The van der Waals surface area contributed by atoms with Gasteiger partial charge in [-0.2, -0.15) is 0 Å². The third-order valence-electron chi connectivity index (χ3n) is 1.07. The van der Waals surface area contributed by atoms with E-state index in [1.807, 2.05) is 6.92 Å². The molecule has 1 heterocycles.